The van der Waals surface area contributed by atoms with Crippen molar-refractivity contribution in [3.63, 3.8) is 0 Å². The molecule has 0 bridgehead atoms. The SMILES string of the molecule is CCC(=CCNCc1ncon1)C(=O)O. The summed E-state index contributed by atoms with van der Waals surface area (Å²) in [7, 11) is 0. The topological polar surface area (TPSA) is 88.3 Å². The molecule has 2 N–H and O–H groups in total. The molecule has 0 unspecified atom stereocenters. The van der Waals surface area contributed by atoms with Crippen LogP contribution in [0.25, 0.3) is 0 Å². The third kappa shape index (κ3) is 3.90. The number of hydrogen-bond acceptors (Lipinski definition) is 5. The summed E-state index contributed by atoms with van der Waals surface area (Å²) in [6.07, 6.45) is 3.41. The third-order valence-electron chi connectivity index (χ3n) is 1.84. The van der Waals surface area contributed by atoms with Crippen LogP contribution in [0.4, 0.5) is 0 Å². The first-order chi connectivity index (χ1) is 7.24. The molecule has 0 radical (unpaired) electrons. The van der Waals surface area contributed by atoms with Crippen molar-refractivity contribution < 1.29 is 14.4 Å². The first kappa shape index (κ1) is 11.4. The van der Waals surface area contributed by atoms with E-state index in [2.05, 4.69) is 20.0 Å². The maximum atomic E-state index is 10.6. The maximum absolute atomic E-state index is 10.6. The minimum absolute atomic E-state index is 0.399. The van der Waals surface area contributed by atoms with E-state index in [-0.39, 0.29) is 0 Å². The molecule has 15 heavy (non-hydrogen) atoms. The largest absolute Gasteiger partial charge is 0.478 e. The van der Waals surface area contributed by atoms with Crippen LogP contribution < -0.4 is 5.32 Å². The molecule has 0 saturated carbocycles. The second-order valence-corrected chi connectivity index (χ2v) is 2.87. The molecular formula is C9H13N3O3. The normalized spacial score (nSPS) is 11.7. The van der Waals surface area contributed by atoms with E-state index in [1.807, 2.05) is 0 Å². The summed E-state index contributed by atoms with van der Waals surface area (Å²) in [4.78, 5) is 14.4. The van der Waals surface area contributed by atoms with Crippen LogP contribution in [-0.2, 0) is 11.3 Å². The van der Waals surface area contributed by atoms with Crippen LogP contribution in [0.5, 0.6) is 0 Å². The molecule has 0 fully saturated rings. The summed E-state index contributed by atoms with van der Waals surface area (Å²) in [5.41, 5.74) is 0.399. The number of carboxylic acids is 1. The van der Waals surface area contributed by atoms with Gasteiger partial charge in [0, 0.05) is 12.1 Å². The van der Waals surface area contributed by atoms with Gasteiger partial charge in [-0.3, -0.25) is 0 Å². The summed E-state index contributed by atoms with van der Waals surface area (Å²) >= 11 is 0. The average Bonchev–Trinajstić information content (AvgIpc) is 2.70. The van der Waals surface area contributed by atoms with Gasteiger partial charge in [0.15, 0.2) is 5.82 Å². The molecule has 6 heteroatoms. The van der Waals surface area contributed by atoms with Gasteiger partial charge in [0.1, 0.15) is 0 Å². The lowest BCUT2D eigenvalue weighted by Crippen LogP contribution is -2.15. The first-order valence-electron chi connectivity index (χ1n) is 4.62. The highest BCUT2D eigenvalue weighted by atomic mass is 16.5. The molecule has 1 aromatic heterocycles. The molecule has 0 atom stereocenters. The van der Waals surface area contributed by atoms with E-state index in [4.69, 9.17) is 5.11 Å². The van der Waals surface area contributed by atoms with E-state index in [1.54, 1.807) is 13.0 Å². The molecule has 1 heterocycles. The Morgan fingerprint density at radius 3 is 3.07 bits per heavy atom. The van der Waals surface area contributed by atoms with Gasteiger partial charge in [-0.1, -0.05) is 18.2 Å². The van der Waals surface area contributed by atoms with Gasteiger partial charge in [-0.15, -0.1) is 0 Å². The lowest BCUT2D eigenvalue weighted by Gasteiger charge is -1.99. The Balaban J connectivity index is 2.28. The molecular weight excluding hydrogens is 198 g/mol. The van der Waals surface area contributed by atoms with Gasteiger partial charge >= 0.3 is 5.97 Å². The molecule has 0 aliphatic rings. The molecule has 0 aliphatic carbocycles. The summed E-state index contributed by atoms with van der Waals surface area (Å²) in [6, 6.07) is 0. The van der Waals surface area contributed by atoms with Crippen molar-refractivity contribution in [2.45, 2.75) is 19.9 Å². The Bertz CT molecular complexity index is 332. The van der Waals surface area contributed by atoms with Gasteiger partial charge in [0.05, 0.1) is 6.54 Å². The van der Waals surface area contributed by atoms with Crippen LogP contribution in [0.1, 0.15) is 19.2 Å². The van der Waals surface area contributed by atoms with Crippen molar-refractivity contribution in [2.75, 3.05) is 6.54 Å². The van der Waals surface area contributed by atoms with E-state index in [0.717, 1.165) is 0 Å². The molecule has 82 valence electrons. The Morgan fingerprint density at radius 2 is 2.53 bits per heavy atom. The Labute approximate surface area is 87.0 Å². The zero-order valence-corrected chi connectivity index (χ0v) is 8.43. The number of hydrogen-bond donors (Lipinski definition) is 2. The molecule has 0 spiro atoms. The Kier molecular flexibility index (Phi) is 4.49. The van der Waals surface area contributed by atoms with Crippen molar-refractivity contribution in [1.29, 1.82) is 0 Å². The van der Waals surface area contributed by atoms with Gasteiger partial charge < -0.3 is 14.9 Å². The molecule has 1 rings (SSSR count). The third-order valence-corrected chi connectivity index (χ3v) is 1.84. The maximum Gasteiger partial charge on any atom is 0.331 e. The van der Waals surface area contributed by atoms with Gasteiger partial charge in [0.25, 0.3) is 0 Å². The van der Waals surface area contributed by atoms with Gasteiger partial charge in [-0.25, -0.2) is 4.79 Å². The zero-order chi connectivity index (χ0) is 11.1. The number of aromatic nitrogens is 2. The lowest BCUT2D eigenvalue weighted by atomic mass is 10.2. The van der Waals surface area contributed by atoms with Crippen molar-refractivity contribution >= 4 is 5.97 Å². The van der Waals surface area contributed by atoms with E-state index >= 15 is 0 Å². The minimum atomic E-state index is -0.876. The van der Waals surface area contributed by atoms with Gasteiger partial charge in [-0.2, -0.15) is 4.98 Å². The van der Waals surface area contributed by atoms with E-state index < -0.39 is 5.97 Å². The van der Waals surface area contributed by atoms with Crippen LogP contribution in [-0.4, -0.2) is 27.8 Å². The van der Waals surface area contributed by atoms with E-state index in [9.17, 15) is 4.79 Å². The number of carboxylic acid groups (broad SMARTS) is 1. The zero-order valence-electron chi connectivity index (χ0n) is 8.43. The second-order valence-electron chi connectivity index (χ2n) is 2.87. The molecule has 0 saturated heterocycles. The van der Waals surface area contributed by atoms with E-state index in [0.29, 0.717) is 30.9 Å². The van der Waals surface area contributed by atoms with Gasteiger partial charge in [0.2, 0.25) is 6.39 Å². The predicted molar refractivity (Wildman–Crippen MR) is 52.0 cm³/mol. The Hall–Kier alpha value is -1.69. The van der Waals surface area contributed by atoms with Crippen molar-refractivity contribution in [1.82, 2.24) is 15.5 Å². The second kappa shape index (κ2) is 5.92. The summed E-state index contributed by atoms with van der Waals surface area (Å²) in [5, 5.41) is 15.3. The van der Waals surface area contributed by atoms with Crippen LogP contribution in [0.3, 0.4) is 0 Å². The number of rotatable bonds is 6. The summed E-state index contributed by atoms with van der Waals surface area (Å²) in [6.45, 7) is 2.74. The van der Waals surface area contributed by atoms with Crippen LogP contribution in [0, 0.1) is 0 Å². The highest BCUT2D eigenvalue weighted by molar-refractivity contribution is 5.86. The molecule has 0 aliphatic heterocycles. The lowest BCUT2D eigenvalue weighted by molar-refractivity contribution is -0.132. The number of aliphatic carboxylic acids is 1. The molecule has 0 aromatic carbocycles. The van der Waals surface area contributed by atoms with Gasteiger partial charge in [-0.05, 0) is 6.42 Å². The fraction of sp³-hybridized carbons (Fsp3) is 0.444. The van der Waals surface area contributed by atoms with Crippen molar-refractivity contribution in [3.8, 4) is 0 Å². The van der Waals surface area contributed by atoms with Crippen LogP contribution in [0.15, 0.2) is 22.6 Å². The quantitative estimate of drug-likeness (QED) is 0.528. The first-order valence-corrected chi connectivity index (χ1v) is 4.62. The highest BCUT2D eigenvalue weighted by Crippen LogP contribution is 1.99. The Morgan fingerprint density at radius 1 is 1.73 bits per heavy atom. The number of carbonyl (C=O) groups is 1. The fourth-order valence-electron chi connectivity index (χ4n) is 1.03. The van der Waals surface area contributed by atoms with Crippen LogP contribution >= 0.6 is 0 Å². The fourth-order valence-corrected chi connectivity index (χ4v) is 1.03. The highest BCUT2D eigenvalue weighted by Gasteiger charge is 2.02. The van der Waals surface area contributed by atoms with Crippen molar-refractivity contribution in [3.05, 3.63) is 23.9 Å². The predicted octanol–water partition coefficient (Wildman–Crippen LogP) is 0.580. The van der Waals surface area contributed by atoms with Crippen molar-refractivity contribution in [2.24, 2.45) is 0 Å². The molecule has 1 aromatic rings. The number of nitrogens with one attached hydrogen (secondary N) is 1. The number of nitrogens with zero attached hydrogens (tertiary/aromatic N) is 2. The average molecular weight is 211 g/mol. The molecule has 0 amide bonds. The van der Waals surface area contributed by atoms with E-state index in [1.165, 1.54) is 6.39 Å². The minimum Gasteiger partial charge on any atom is -0.478 e. The van der Waals surface area contributed by atoms with Crippen LogP contribution in [0.2, 0.25) is 0 Å². The molecule has 6 nitrogen and oxygen atoms in total. The standard InChI is InChI=1S/C9H13N3O3/c1-2-7(9(13)14)3-4-10-5-8-11-6-15-12-8/h3,6,10H,2,4-5H2,1H3,(H,13,14). The monoisotopic (exact) mass is 211 g/mol. The summed E-state index contributed by atoms with van der Waals surface area (Å²) < 4.78 is 4.54. The summed E-state index contributed by atoms with van der Waals surface area (Å²) in [5.74, 6) is -0.323. The smallest absolute Gasteiger partial charge is 0.331 e.